The number of alkyl halides is 9. The van der Waals surface area contributed by atoms with Crippen LogP contribution < -0.4 is 4.90 Å². The zero-order chi connectivity index (χ0) is 31.6. The molecule has 0 spiro atoms. The number of aliphatic hydroxyl groups is 1. The summed E-state index contributed by atoms with van der Waals surface area (Å²) in [6, 6.07) is 0.741. The maximum atomic E-state index is 13.7. The molecule has 0 aliphatic carbocycles. The predicted octanol–water partition coefficient (Wildman–Crippen LogP) is 7.17. The topological polar surface area (TPSA) is 79.3 Å². The second-order valence-corrected chi connectivity index (χ2v) is 9.30. The Morgan fingerprint density at radius 3 is 1.98 bits per heavy atom. The number of rotatable bonds is 6. The van der Waals surface area contributed by atoms with Crippen molar-refractivity contribution in [3.05, 3.63) is 64.2 Å². The number of aliphatic hydroxyl groups excluding tert-OH is 1. The Labute approximate surface area is 233 Å². The lowest BCUT2D eigenvalue weighted by Crippen LogP contribution is -2.49. The van der Waals surface area contributed by atoms with Crippen molar-refractivity contribution in [1.82, 2.24) is 4.90 Å². The molecule has 2 atom stereocenters. The highest BCUT2D eigenvalue weighted by Crippen LogP contribution is 2.45. The molecule has 2 aromatic carbocycles. The number of carbonyl (C=O) groups excluding carboxylic acids is 2. The minimum Gasteiger partial charge on any atom is -0.453 e. The minimum absolute atomic E-state index is 0.0967. The standard InChI is InChI=1S/C26H25F9N2O5/c1-3-18-12-21(19-11-15(24(27,28)29)4-5-20(19)37(18)23(40)42-7-6-38)36(22(39)41-2)13-14-8-16(25(30,31)32)10-17(9-14)26(33,34)35/h4-5,8-11,18,21,38H,3,6-7,12-13H2,1-2H3/t18-,21+/m1/s1. The van der Waals surface area contributed by atoms with E-state index >= 15 is 0 Å². The fourth-order valence-electron chi connectivity index (χ4n) is 4.72. The summed E-state index contributed by atoms with van der Waals surface area (Å²) in [5.41, 5.74) is -5.51. The molecule has 0 radical (unpaired) electrons. The average molecular weight is 616 g/mol. The third kappa shape index (κ3) is 7.20. The van der Waals surface area contributed by atoms with E-state index in [2.05, 4.69) is 0 Å². The number of carbonyl (C=O) groups is 2. The highest BCUT2D eigenvalue weighted by molar-refractivity contribution is 5.90. The summed E-state index contributed by atoms with van der Waals surface area (Å²) in [5.74, 6) is 0. The first-order chi connectivity index (χ1) is 19.4. The summed E-state index contributed by atoms with van der Waals surface area (Å²) < 4.78 is 132. The SMILES string of the molecule is CC[C@@H]1C[C@H](N(Cc2cc(C(F)(F)F)cc(C(F)(F)F)c2)C(=O)OC)c2cc(C(F)(F)F)ccc2N1C(=O)OCCO. The Hall–Kier alpha value is -3.69. The summed E-state index contributed by atoms with van der Waals surface area (Å²) in [5, 5.41) is 9.02. The summed E-state index contributed by atoms with van der Waals surface area (Å²) in [6.45, 7) is -0.290. The van der Waals surface area contributed by atoms with Crippen LogP contribution in [0.5, 0.6) is 0 Å². The van der Waals surface area contributed by atoms with E-state index in [0.717, 1.165) is 18.1 Å². The van der Waals surface area contributed by atoms with E-state index < -0.39 is 84.8 Å². The van der Waals surface area contributed by atoms with Crippen LogP contribution in [-0.4, -0.2) is 48.6 Å². The van der Waals surface area contributed by atoms with Crippen molar-refractivity contribution in [2.75, 3.05) is 25.2 Å². The lowest BCUT2D eigenvalue weighted by Gasteiger charge is -2.43. The zero-order valence-electron chi connectivity index (χ0n) is 22.0. The first kappa shape index (κ1) is 32.8. The summed E-state index contributed by atoms with van der Waals surface area (Å²) in [6.07, 6.45) is -17.7. The number of amides is 2. The van der Waals surface area contributed by atoms with E-state index in [-0.39, 0.29) is 30.2 Å². The van der Waals surface area contributed by atoms with Crippen molar-refractivity contribution in [1.29, 1.82) is 0 Å². The second-order valence-electron chi connectivity index (χ2n) is 9.30. The van der Waals surface area contributed by atoms with Gasteiger partial charge in [-0.15, -0.1) is 0 Å². The number of ether oxygens (including phenoxy) is 2. The van der Waals surface area contributed by atoms with Crippen LogP contribution in [0.4, 0.5) is 54.8 Å². The Morgan fingerprint density at radius 2 is 1.50 bits per heavy atom. The number of hydrogen-bond acceptors (Lipinski definition) is 5. The van der Waals surface area contributed by atoms with Gasteiger partial charge in [-0.1, -0.05) is 6.92 Å². The normalized spacial score (nSPS) is 17.5. The molecular formula is C26H25F9N2O5. The molecule has 0 bridgehead atoms. The van der Waals surface area contributed by atoms with E-state index in [1.54, 1.807) is 6.92 Å². The predicted molar refractivity (Wildman–Crippen MR) is 128 cm³/mol. The van der Waals surface area contributed by atoms with Gasteiger partial charge in [0.15, 0.2) is 0 Å². The van der Waals surface area contributed by atoms with E-state index in [1.807, 2.05) is 0 Å². The summed E-state index contributed by atoms with van der Waals surface area (Å²) >= 11 is 0. The highest BCUT2D eigenvalue weighted by Gasteiger charge is 2.43. The molecule has 1 heterocycles. The van der Waals surface area contributed by atoms with Gasteiger partial charge >= 0.3 is 30.7 Å². The minimum atomic E-state index is -5.19. The summed E-state index contributed by atoms with van der Waals surface area (Å²) in [4.78, 5) is 27.5. The Morgan fingerprint density at radius 1 is 0.929 bits per heavy atom. The molecule has 0 saturated carbocycles. The smallest absolute Gasteiger partial charge is 0.416 e. The quantitative estimate of drug-likeness (QED) is 0.348. The Kier molecular flexibility index (Phi) is 9.59. The first-order valence-corrected chi connectivity index (χ1v) is 12.3. The molecule has 1 aliphatic heterocycles. The second kappa shape index (κ2) is 12.3. The van der Waals surface area contributed by atoms with Gasteiger partial charge < -0.3 is 14.6 Å². The van der Waals surface area contributed by atoms with Crippen molar-refractivity contribution in [2.24, 2.45) is 0 Å². The van der Waals surface area contributed by atoms with Crippen molar-refractivity contribution < 1.29 is 63.7 Å². The van der Waals surface area contributed by atoms with Gasteiger partial charge in [0.2, 0.25) is 0 Å². The molecule has 42 heavy (non-hydrogen) atoms. The monoisotopic (exact) mass is 616 g/mol. The number of fused-ring (bicyclic) bond motifs is 1. The fraction of sp³-hybridized carbons (Fsp3) is 0.462. The molecule has 0 unspecified atom stereocenters. The van der Waals surface area contributed by atoms with Crippen LogP contribution in [0, 0.1) is 0 Å². The average Bonchev–Trinajstić information content (AvgIpc) is 2.91. The van der Waals surface area contributed by atoms with Crippen LogP contribution in [0.2, 0.25) is 0 Å². The first-order valence-electron chi connectivity index (χ1n) is 12.3. The highest BCUT2D eigenvalue weighted by atomic mass is 19.4. The zero-order valence-corrected chi connectivity index (χ0v) is 22.0. The van der Waals surface area contributed by atoms with Crippen molar-refractivity contribution in [3.8, 4) is 0 Å². The number of benzene rings is 2. The van der Waals surface area contributed by atoms with E-state index in [0.29, 0.717) is 29.2 Å². The lowest BCUT2D eigenvalue weighted by molar-refractivity contribution is -0.143. The molecule has 0 fully saturated rings. The number of halogens is 9. The van der Waals surface area contributed by atoms with Gasteiger partial charge in [0.25, 0.3) is 0 Å². The number of anilines is 1. The largest absolute Gasteiger partial charge is 0.453 e. The van der Waals surface area contributed by atoms with Gasteiger partial charge in [-0.25, -0.2) is 9.59 Å². The van der Waals surface area contributed by atoms with Crippen LogP contribution in [0.25, 0.3) is 0 Å². The van der Waals surface area contributed by atoms with Gasteiger partial charge in [0.1, 0.15) is 6.61 Å². The van der Waals surface area contributed by atoms with Gasteiger partial charge in [-0.05, 0) is 60.4 Å². The van der Waals surface area contributed by atoms with Gasteiger partial charge in [0.05, 0.1) is 42.1 Å². The van der Waals surface area contributed by atoms with Crippen LogP contribution in [0.1, 0.15) is 53.6 Å². The van der Waals surface area contributed by atoms with Crippen molar-refractivity contribution in [2.45, 2.75) is 56.9 Å². The molecule has 16 heteroatoms. The van der Waals surface area contributed by atoms with E-state index in [4.69, 9.17) is 14.6 Å². The molecule has 0 aromatic heterocycles. The van der Waals surface area contributed by atoms with Crippen LogP contribution in [0.3, 0.4) is 0 Å². The molecule has 7 nitrogen and oxygen atoms in total. The summed E-state index contributed by atoms with van der Waals surface area (Å²) in [7, 11) is 0.883. The third-order valence-electron chi connectivity index (χ3n) is 6.60. The number of hydrogen-bond donors (Lipinski definition) is 1. The van der Waals surface area contributed by atoms with Gasteiger partial charge in [-0.3, -0.25) is 9.80 Å². The Balaban J connectivity index is 2.22. The van der Waals surface area contributed by atoms with Crippen LogP contribution >= 0.6 is 0 Å². The molecule has 232 valence electrons. The molecule has 1 N–H and O–H groups in total. The van der Waals surface area contributed by atoms with E-state index in [9.17, 15) is 49.1 Å². The van der Waals surface area contributed by atoms with Gasteiger partial charge in [0, 0.05) is 12.6 Å². The molecule has 3 rings (SSSR count). The van der Waals surface area contributed by atoms with Crippen molar-refractivity contribution in [3.63, 3.8) is 0 Å². The molecular weight excluding hydrogens is 591 g/mol. The van der Waals surface area contributed by atoms with E-state index in [1.165, 1.54) is 0 Å². The Bertz CT molecular complexity index is 1260. The molecule has 1 aliphatic rings. The van der Waals surface area contributed by atoms with Crippen LogP contribution in [-0.2, 0) is 34.5 Å². The fourth-order valence-corrected chi connectivity index (χ4v) is 4.72. The number of nitrogens with zero attached hydrogens (tertiary/aromatic N) is 2. The molecule has 2 amide bonds. The maximum absolute atomic E-state index is 13.7. The molecule has 2 aromatic rings. The van der Waals surface area contributed by atoms with Crippen molar-refractivity contribution >= 4 is 17.9 Å². The van der Waals surface area contributed by atoms with Crippen LogP contribution in [0.15, 0.2) is 36.4 Å². The maximum Gasteiger partial charge on any atom is 0.416 e. The molecule has 0 saturated heterocycles. The lowest BCUT2D eigenvalue weighted by atomic mass is 9.87. The number of methoxy groups -OCH3 is 1. The third-order valence-corrected chi connectivity index (χ3v) is 6.60. The van der Waals surface area contributed by atoms with Gasteiger partial charge in [-0.2, -0.15) is 39.5 Å².